The second-order valence-corrected chi connectivity index (χ2v) is 8.00. The zero-order chi connectivity index (χ0) is 21.6. The first kappa shape index (κ1) is 21.2. The molecule has 0 unspecified atom stereocenters. The summed E-state index contributed by atoms with van der Waals surface area (Å²) in [5.41, 5.74) is 2.96. The van der Waals surface area contributed by atoms with Gasteiger partial charge in [-0.2, -0.15) is 0 Å². The molecule has 31 heavy (non-hydrogen) atoms. The van der Waals surface area contributed by atoms with Crippen LogP contribution < -0.4 is 10.1 Å². The number of anilines is 1. The van der Waals surface area contributed by atoms with Crippen molar-refractivity contribution in [2.75, 3.05) is 38.1 Å². The molecule has 2 amide bonds. The minimum atomic E-state index is -0.0537. The molecule has 2 heterocycles. The third-order valence-corrected chi connectivity index (χ3v) is 5.78. The van der Waals surface area contributed by atoms with Gasteiger partial charge in [0.2, 0.25) is 0 Å². The number of urea groups is 1. The fourth-order valence-corrected chi connectivity index (χ4v) is 3.82. The third kappa shape index (κ3) is 5.17. The van der Waals surface area contributed by atoms with Crippen molar-refractivity contribution in [1.29, 1.82) is 0 Å². The largest absolute Gasteiger partial charge is 0.494 e. The number of imidazole rings is 1. The highest BCUT2D eigenvalue weighted by molar-refractivity contribution is 5.89. The van der Waals surface area contributed by atoms with Crippen molar-refractivity contribution < 1.29 is 9.53 Å². The lowest BCUT2D eigenvalue weighted by molar-refractivity contribution is 0.140. The van der Waals surface area contributed by atoms with E-state index >= 15 is 0 Å². The molecule has 7 nitrogen and oxygen atoms in total. The smallest absolute Gasteiger partial charge is 0.321 e. The van der Waals surface area contributed by atoms with Crippen molar-refractivity contribution in [3.05, 3.63) is 54.4 Å². The van der Waals surface area contributed by atoms with Gasteiger partial charge in [0.15, 0.2) is 0 Å². The third-order valence-electron chi connectivity index (χ3n) is 5.78. The highest BCUT2D eigenvalue weighted by atomic mass is 16.5. The van der Waals surface area contributed by atoms with Gasteiger partial charge in [0.25, 0.3) is 0 Å². The number of benzene rings is 2. The number of piperazine rings is 1. The first-order valence-electron chi connectivity index (χ1n) is 11.1. The number of rotatable bonds is 7. The van der Waals surface area contributed by atoms with Gasteiger partial charge in [0, 0.05) is 38.9 Å². The standard InChI is InChI=1S/C24H31N5O2/c1-3-4-17-31-20-11-9-19(10-12-20)25-24(30)29-15-13-28(14-16-29)18-23-26-21-7-5-6-8-22(21)27(23)2/h5-12H,3-4,13-18H2,1-2H3,(H,25,30). The summed E-state index contributed by atoms with van der Waals surface area (Å²) < 4.78 is 7.83. The summed E-state index contributed by atoms with van der Waals surface area (Å²) in [6, 6.07) is 15.7. The van der Waals surface area contributed by atoms with Gasteiger partial charge in [-0.3, -0.25) is 4.90 Å². The number of carbonyl (C=O) groups excluding carboxylic acids is 1. The Bertz CT molecular complexity index is 1010. The van der Waals surface area contributed by atoms with Crippen LogP contribution in [0.3, 0.4) is 0 Å². The molecular formula is C24H31N5O2. The lowest BCUT2D eigenvalue weighted by Crippen LogP contribution is -2.49. The highest BCUT2D eigenvalue weighted by Gasteiger charge is 2.22. The summed E-state index contributed by atoms with van der Waals surface area (Å²) in [7, 11) is 2.06. The van der Waals surface area contributed by atoms with Crippen molar-refractivity contribution in [3.8, 4) is 5.75 Å². The van der Waals surface area contributed by atoms with E-state index in [1.54, 1.807) is 0 Å². The van der Waals surface area contributed by atoms with Crippen LogP contribution in [0, 0.1) is 0 Å². The normalized spacial score (nSPS) is 14.7. The molecule has 0 bridgehead atoms. The van der Waals surface area contributed by atoms with E-state index in [0.29, 0.717) is 13.1 Å². The topological polar surface area (TPSA) is 62.6 Å². The van der Waals surface area contributed by atoms with Crippen molar-refractivity contribution >= 4 is 22.8 Å². The summed E-state index contributed by atoms with van der Waals surface area (Å²) in [5, 5.41) is 2.99. The fraction of sp³-hybridized carbons (Fsp3) is 0.417. The second-order valence-electron chi connectivity index (χ2n) is 8.00. The van der Waals surface area contributed by atoms with Crippen LogP contribution in [0.2, 0.25) is 0 Å². The van der Waals surface area contributed by atoms with Gasteiger partial charge >= 0.3 is 6.03 Å². The van der Waals surface area contributed by atoms with E-state index in [1.165, 1.54) is 0 Å². The molecule has 7 heteroatoms. The molecule has 0 radical (unpaired) electrons. The molecule has 0 saturated carbocycles. The van der Waals surface area contributed by atoms with E-state index in [2.05, 4.69) is 34.8 Å². The van der Waals surface area contributed by atoms with Gasteiger partial charge in [-0.05, 0) is 42.8 Å². The van der Waals surface area contributed by atoms with Crippen molar-refractivity contribution in [2.45, 2.75) is 26.3 Å². The number of hydrogen-bond acceptors (Lipinski definition) is 4. The van der Waals surface area contributed by atoms with Gasteiger partial charge in [-0.25, -0.2) is 9.78 Å². The van der Waals surface area contributed by atoms with Gasteiger partial charge in [-0.15, -0.1) is 0 Å². The van der Waals surface area contributed by atoms with Gasteiger partial charge < -0.3 is 19.5 Å². The lowest BCUT2D eigenvalue weighted by atomic mass is 10.3. The number of amides is 2. The molecule has 0 aliphatic carbocycles. The zero-order valence-electron chi connectivity index (χ0n) is 18.4. The molecule has 1 saturated heterocycles. The van der Waals surface area contributed by atoms with Gasteiger partial charge in [0.1, 0.15) is 11.6 Å². The van der Waals surface area contributed by atoms with Crippen LogP contribution in [0.4, 0.5) is 10.5 Å². The van der Waals surface area contributed by atoms with E-state index in [-0.39, 0.29) is 6.03 Å². The monoisotopic (exact) mass is 421 g/mol. The Morgan fingerprint density at radius 2 is 1.81 bits per heavy atom. The molecule has 1 N–H and O–H groups in total. The number of nitrogens with one attached hydrogen (secondary N) is 1. The number of aromatic nitrogens is 2. The molecular weight excluding hydrogens is 390 g/mol. The summed E-state index contributed by atoms with van der Waals surface area (Å²) in [6.45, 7) is 6.73. The van der Waals surface area contributed by atoms with Gasteiger partial charge in [-0.1, -0.05) is 25.5 Å². The van der Waals surface area contributed by atoms with E-state index < -0.39 is 0 Å². The number of para-hydroxylation sites is 2. The highest BCUT2D eigenvalue weighted by Crippen LogP contribution is 2.18. The summed E-state index contributed by atoms with van der Waals surface area (Å²) in [5.74, 6) is 1.89. The average Bonchev–Trinajstić information content (AvgIpc) is 3.11. The number of carbonyl (C=O) groups is 1. The first-order valence-corrected chi connectivity index (χ1v) is 11.1. The van der Waals surface area contributed by atoms with Crippen LogP contribution in [-0.4, -0.2) is 58.2 Å². The maximum absolute atomic E-state index is 12.6. The first-order chi connectivity index (χ1) is 15.1. The molecule has 0 spiro atoms. The Hall–Kier alpha value is -3.06. The quantitative estimate of drug-likeness (QED) is 0.584. The number of hydrogen-bond donors (Lipinski definition) is 1. The summed E-state index contributed by atoms with van der Waals surface area (Å²) >= 11 is 0. The molecule has 2 aromatic carbocycles. The minimum absolute atomic E-state index is 0.0537. The van der Waals surface area contributed by atoms with Crippen molar-refractivity contribution in [2.24, 2.45) is 7.05 Å². The Labute approximate surface area is 183 Å². The van der Waals surface area contributed by atoms with Crippen molar-refractivity contribution in [1.82, 2.24) is 19.4 Å². The molecule has 0 atom stereocenters. The fourth-order valence-electron chi connectivity index (χ4n) is 3.82. The average molecular weight is 422 g/mol. The minimum Gasteiger partial charge on any atom is -0.494 e. The number of nitrogens with zero attached hydrogens (tertiary/aromatic N) is 4. The SMILES string of the molecule is CCCCOc1ccc(NC(=O)N2CCN(Cc3nc4ccccc4n3C)CC2)cc1. The second kappa shape index (κ2) is 9.83. The number of ether oxygens (including phenoxy) is 1. The Morgan fingerprint density at radius 3 is 2.52 bits per heavy atom. The van der Waals surface area contributed by atoms with E-state index in [0.717, 1.165) is 67.4 Å². The number of fused-ring (bicyclic) bond motifs is 1. The van der Waals surface area contributed by atoms with Gasteiger partial charge in [0.05, 0.1) is 24.2 Å². The van der Waals surface area contributed by atoms with E-state index in [9.17, 15) is 4.79 Å². The number of aryl methyl sites for hydroxylation is 1. The zero-order valence-corrected chi connectivity index (χ0v) is 18.4. The van der Waals surface area contributed by atoms with E-state index in [4.69, 9.17) is 9.72 Å². The van der Waals surface area contributed by atoms with Crippen LogP contribution in [-0.2, 0) is 13.6 Å². The van der Waals surface area contributed by atoms with Crippen LogP contribution >= 0.6 is 0 Å². The van der Waals surface area contributed by atoms with Crippen molar-refractivity contribution in [3.63, 3.8) is 0 Å². The Kier molecular flexibility index (Phi) is 6.72. The van der Waals surface area contributed by atoms with Crippen LogP contribution in [0.5, 0.6) is 5.75 Å². The number of unbranched alkanes of at least 4 members (excludes halogenated alkanes) is 1. The Morgan fingerprint density at radius 1 is 1.06 bits per heavy atom. The van der Waals surface area contributed by atoms with E-state index in [1.807, 2.05) is 47.4 Å². The maximum Gasteiger partial charge on any atom is 0.321 e. The predicted molar refractivity (Wildman–Crippen MR) is 123 cm³/mol. The molecule has 1 fully saturated rings. The molecule has 1 aliphatic rings. The Balaban J connectivity index is 1.26. The summed E-state index contributed by atoms with van der Waals surface area (Å²) in [6.07, 6.45) is 2.15. The maximum atomic E-state index is 12.6. The van der Waals surface area contributed by atoms with Crippen LogP contribution in [0.25, 0.3) is 11.0 Å². The predicted octanol–water partition coefficient (Wildman–Crippen LogP) is 4.10. The molecule has 3 aromatic rings. The summed E-state index contributed by atoms with van der Waals surface area (Å²) in [4.78, 5) is 21.6. The molecule has 1 aromatic heterocycles. The van der Waals surface area contributed by atoms with Crippen LogP contribution in [0.15, 0.2) is 48.5 Å². The molecule has 1 aliphatic heterocycles. The lowest BCUT2D eigenvalue weighted by Gasteiger charge is -2.34. The van der Waals surface area contributed by atoms with Crippen LogP contribution in [0.1, 0.15) is 25.6 Å². The molecule has 4 rings (SSSR count). The molecule has 164 valence electrons.